The van der Waals surface area contributed by atoms with E-state index in [1.54, 1.807) is 11.3 Å². The van der Waals surface area contributed by atoms with Crippen molar-refractivity contribution in [2.45, 2.75) is 43.9 Å². The lowest BCUT2D eigenvalue weighted by atomic mass is 9.99. The molecule has 2 aliphatic heterocycles. The monoisotopic (exact) mass is 491 g/mol. The Bertz CT molecular complexity index is 1170. The van der Waals surface area contributed by atoms with Crippen molar-refractivity contribution in [3.63, 3.8) is 0 Å². The Morgan fingerprint density at radius 3 is 2.66 bits per heavy atom. The summed E-state index contributed by atoms with van der Waals surface area (Å²) in [6.07, 6.45) is 3.84. The molecule has 184 valence electrons. The van der Waals surface area contributed by atoms with E-state index in [-0.39, 0.29) is 17.9 Å². The van der Waals surface area contributed by atoms with Crippen LogP contribution in [0, 0.1) is 5.92 Å². The maximum Gasteiger partial charge on any atom is 0.225 e. The molecule has 0 radical (unpaired) electrons. The number of fused-ring (bicyclic) bond motifs is 1. The number of rotatable bonds is 9. The lowest BCUT2D eigenvalue weighted by molar-refractivity contribution is -0.126. The van der Waals surface area contributed by atoms with E-state index in [1.165, 1.54) is 22.2 Å². The summed E-state index contributed by atoms with van der Waals surface area (Å²) < 4.78 is 7.12. The van der Waals surface area contributed by atoms with E-state index in [9.17, 15) is 9.90 Å². The maximum atomic E-state index is 13.3. The molecule has 1 saturated carbocycles. The summed E-state index contributed by atoms with van der Waals surface area (Å²) >= 11 is 1.75. The Morgan fingerprint density at radius 1 is 1.09 bits per heavy atom. The lowest BCUT2D eigenvalue weighted by Crippen LogP contribution is -2.52. The molecule has 2 aromatic carbocycles. The van der Waals surface area contributed by atoms with Crippen LogP contribution >= 0.6 is 11.3 Å². The predicted molar refractivity (Wildman–Crippen MR) is 140 cm³/mol. The van der Waals surface area contributed by atoms with Gasteiger partial charge in [0.15, 0.2) is 0 Å². The largest absolute Gasteiger partial charge is 0.490 e. The Hall–Kier alpha value is -2.61. The van der Waals surface area contributed by atoms with Crippen LogP contribution in [0.5, 0.6) is 5.75 Å². The molecule has 3 aromatic rings. The lowest BCUT2D eigenvalue weighted by Gasteiger charge is -2.36. The van der Waals surface area contributed by atoms with Crippen molar-refractivity contribution < 1.29 is 14.6 Å². The third-order valence-corrected chi connectivity index (χ3v) is 8.40. The second-order valence-electron chi connectivity index (χ2n) is 10.2. The van der Waals surface area contributed by atoms with Crippen LogP contribution in [-0.2, 0) is 4.79 Å². The number of anilines is 1. The van der Waals surface area contributed by atoms with Crippen LogP contribution in [0.4, 0.5) is 5.69 Å². The third kappa shape index (κ3) is 5.17. The van der Waals surface area contributed by atoms with E-state index in [4.69, 9.17) is 4.74 Å². The zero-order valence-corrected chi connectivity index (χ0v) is 20.8. The predicted octanol–water partition coefficient (Wildman–Crippen LogP) is 4.19. The van der Waals surface area contributed by atoms with Gasteiger partial charge in [-0.2, -0.15) is 0 Å². The summed E-state index contributed by atoms with van der Waals surface area (Å²) in [5.41, 5.74) is 2.00. The van der Waals surface area contributed by atoms with Gasteiger partial charge in [-0.3, -0.25) is 4.79 Å². The minimum absolute atomic E-state index is 0.0444. The SMILES string of the molecule is O=C(N[C@H](CN1CCC1)[C@H](O)c1ccc(OC2CC2)cc1)C1CCN(c2ccc3ccsc3c2)C1. The number of thiophene rings is 1. The summed E-state index contributed by atoms with van der Waals surface area (Å²) in [4.78, 5) is 17.9. The zero-order valence-electron chi connectivity index (χ0n) is 19.9. The molecule has 3 aliphatic rings. The number of nitrogens with zero attached hydrogens (tertiary/aromatic N) is 2. The van der Waals surface area contributed by atoms with Crippen molar-refractivity contribution in [2.75, 3.05) is 37.6 Å². The fourth-order valence-corrected chi connectivity index (χ4v) is 5.89. The Balaban J connectivity index is 1.11. The van der Waals surface area contributed by atoms with Gasteiger partial charge in [0.1, 0.15) is 11.9 Å². The minimum Gasteiger partial charge on any atom is -0.490 e. The number of ether oxygens (including phenoxy) is 1. The number of hydrogen-bond donors (Lipinski definition) is 2. The normalized spacial score (nSPS) is 22.1. The van der Waals surface area contributed by atoms with Gasteiger partial charge >= 0.3 is 0 Å². The van der Waals surface area contributed by atoms with Crippen molar-refractivity contribution >= 4 is 33.0 Å². The van der Waals surface area contributed by atoms with Crippen molar-refractivity contribution in [3.05, 3.63) is 59.5 Å². The smallest absolute Gasteiger partial charge is 0.225 e. The van der Waals surface area contributed by atoms with Crippen LogP contribution < -0.4 is 15.0 Å². The number of carbonyl (C=O) groups excluding carboxylic acids is 1. The van der Waals surface area contributed by atoms with Crippen LogP contribution in [0.25, 0.3) is 10.1 Å². The van der Waals surface area contributed by atoms with Gasteiger partial charge in [-0.1, -0.05) is 18.2 Å². The summed E-state index contributed by atoms with van der Waals surface area (Å²) in [6.45, 7) is 4.29. The number of likely N-dealkylation sites (tertiary alicyclic amines) is 1. The first-order chi connectivity index (χ1) is 17.1. The second-order valence-corrected chi connectivity index (χ2v) is 11.1. The first-order valence-electron chi connectivity index (χ1n) is 12.8. The van der Waals surface area contributed by atoms with Gasteiger partial charge < -0.3 is 25.0 Å². The molecule has 6 rings (SSSR count). The van der Waals surface area contributed by atoms with Crippen LogP contribution in [0.15, 0.2) is 53.9 Å². The van der Waals surface area contributed by atoms with Crippen molar-refractivity contribution in [2.24, 2.45) is 5.92 Å². The van der Waals surface area contributed by atoms with E-state index >= 15 is 0 Å². The first-order valence-corrected chi connectivity index (χ1v) is 13.7. The molecule has 6 nitrogen and oxygen atoms in total. The molecule has 7 heteroatoms. The Morgan fingerprint density at radius 2 is 1.91 bits per heavy atom. The van der Waals surface area contributed by atoms with Crippen LogP contribution in [0.2, 0.25) is 0 Å². The number of benzene rings is 2. The average Bonchev–Trinajstić information content (AvgIpc) is 3.32. The molecule has 1 aliphatic carbocycles. The maximum absolute atomic E-state index is 13.3. The van der Waals surface area contributed by atoms with E-state index in [0.29, 0.717) is 19.2 Å². The van der Waals surface area contributed by atoms with Crippen molar-refractivity contribution in [1.82, 2.24) is 10.2 Å². The molecule has 0 bridgehead atoms. The number of carbonyl (C=O) groups is 1. The summed E-state index contributed by atoms with van der Waals surface area (Å²) in [7, 11) is 0. The molecular weight excluding hydrogens is 458 g/mol. The molecule has 1 aromatic heterocycles. The van der Waals surface area contributed by atoms with Gasteiger partial charge in [0.05, 0.1) is 18.1 Å². The topological polar surface area (TPSA) is 65.0 Å². The summed E-state index contributed by atoms with van der Waals surface area (Å²) in [5, 5.41) is 17.9. The van der Waals surface area contributed by atoms with Gasteiger partial charge in [0.2, 0.25) is 5.91 Å². The summed E-state index contributed by atoms with van der Waals surface area (Å²) in [5.74, 6) is 0.816. The van der Waals surface area contributed by atoms with Crippen LogP contribution in [-0.4, -0.2) is 60.8 Å². The van der Waals surface area contributed by atoms with Gasteiger partial charge in [-0.05, 0) is 85.4 Å². The highest BCUT2D eigenvalue weighted by Crippen LogP contribution is 2.31. The highest BCUT2D eigenvalue weighted by atomic mass is 32.1. The van der Waals surface area contributed by atoms with Crippen LogP contribution in [0.3, 0.4) is 0 Å². The fraction of sp³-hybridized carbons (Fsp3) is 0.464. The number of aliphatic hydroxyl groups is 1. The molecule has 2 N–H and O–H groups in total. The average molecular weight is 492 g/mol. The molecule has 0 spiro atoms. The van der Waals surface area contributed by atoms with Crippen molar-refractivity contribution in [3.8, 4) is 5.75 Å². The van der Waals surface area contributed by atoms with E-state index in [1.807, 2.05) is 24.3 Å². The quantitative estimate of drug-likeness (QED) is 0.470. The van der Waals surface area contributed by atoms with Gasteiger partial charge in [0, 0.05) is 30.0 Å². The third-order valence-electron chi connectivity index (χ3n) is 7.53. The Kier molecular flexibility index (Phi) is 6.39. The molecular formula is C28H33N3O3S. The molecule has 2 saturated heterocycles. The molecule has 3 fully saturated rings. The van der Waals surface area contributed by atoms with E-state index in [0.717, 1.165) is 50.2 Å². The van der Waals surface area contributed by atoms with E-state index in [2.05, 4.69) is 44.8 Å². The van der Waals surface area contributed by atoms with E-state index < -0.39 is 6.10 Å². The first kappa shape index (κ1) is 22.8. The number of hydrogen-bond acceptors (Lipinski definition) is 6. The van der Waals surface area contributed by atoms with Crippen molar-refractivity contribution in [1.29, 1.82) is 0 Å². The van der Waals surface area contributed by atoms with Crippen LogP contribution in [0.1, 0.15) is 37.4 Å². The number of amides is 1. The molecule has 3 atom stereocenters. The second kappa shape index (κ2) is 9.80. The molecule has 1 unspecified atom stereocenters. The summed E-state index contributed by atoms with van der Waals surface area (Å²) in [6, 6.07) is 16.1. The van der Waals surface area contributed by atoms with Gasteiger partial charge in [0.25, 0.3) is 0 Å². The van der Waals surface area contributed by atoms with Gasteiger partial charge in [-0.25, -0.2) is 0 Å². The minimum atomic E-state index is -0.756. The highest BCUT2D eigenvalue weighted by Gasteiger charge is 2.33. The fourth-order valence-electron chi connectivity index (χ4n) is 5.07. The Labute approximate surface area is 210 Å². The zero-order chi connectivity index (χ0) is 23.8. The molecule has 35 heavy (non-hydrogen) atoms. The number of nitrogens with one attached hydrogen (secondary N) is 1. The molecule has 3 heterocycles. The highest BCUT2D eigenvalue weighted by molar-refractivity contribution is 7.17. The number of aliphatic hydroxyl groups excluding tert-OH is 1. The standard InChI is InChI=1S/C28H33N3O3S/c32-27(20-3-6-23(7-4-20)34-24-8-9-24)25(18-30-12-1-13-30)29-28(33)21-10-14-31(17-21)22-5-2-19-11-15-35-26(19)16-22/h2-7,11,15-16,21,24-25,27,32H,1,8-10,12-14,17-18H2,(H,29,33)/t21?,25-,27-/m1/s1. The van der Waals surface area contributed by atoms with Gasteiger partial charge in [-0.15, -0.1) is 11.3 Å². The molecule has 1 amide bonds.